The average molecular weight is 411 g/mol. The fourth-order valence-electron chi connectivity index (χ4n) is 3.49. The number of hydrogen-bond donors (Lipinski definition) is 0. The van der Waals surface area contributed by atoms with Gasteiger partial charge in [0.2, 0.25) is 6.29 Å². The molecule has 164 valence electrons. The molecule has 0 amide bonds. The second kappa shape index (κ2) is 15.7. The summed E-state index contributed by atoms with van der Waals surface area (Å²) in [5.41, 5.74) is 2.18. The van der Waals surface area contributed by atoms with Crippen LogP contribution in [0.1, 0.15) is 82.3 Å². The molecule has 0 saturated carbocycles. The van der Waals surface area contributed by atoms with Crippen molar-refractivity contribution in [2.75, 3.05) is 0 Å². The summed E-state index contributed by atoms with van der Waals surface area (Å²) in [5.74, 6) is -0.160. The van der Waals surface area contributed by atoms with Crippen LogP contribution in [0, 0.1) is 0 Å². The van der Waals surface area contributed by atoms with Crippen molar-refractivity contribution in [2.24, 2.45) is 0 Å². The predicted molar refractivity (Wildman–Crippen MR) is 123 cm³/mol. The highest BCUT2D eigenvalue weighted by atomic mass is 16.7. The van der Waals surface area contributed by atoms with Gasteiger partial charge in [-0.3, -0.25) is 4.79 Å². The lowest BCUT2D eigenvalue weighted by molar-refractivity contribution is -0.181. The Morgan fingerprint density at radius 2 is 1.27 bits per heavy atom. The molecule has 0 aliphatic carbocycles. The Balaban J connectivity index is 1.69. The lowest BCUT2D eigenvalue weighted by atomic mass is 10.1. The van der Waals surface area contributed by atoms with Crippen molar-refractivity contribution in [3.63, 3.8) is 0 Å². The standard InChI is InChI=1S/C27H38O3/c1-2-3-4-5-6-7-8-9-16-21-26(28)30-27(22-24-17-12-10-13-18-24)29-23-25-19-14-11-15-20-25/h10-15,17-20,27H,2-9,16,21-23H2,1H3. The Morgan fingerprint density at radius 1 is 0.733 bits per heavy atom. The molecule has 3 heteroatoms. The number of carbonyl (C=O) groups excluding carboxylic acids is 1. The first-order valence-corrected chi connectivity index (χ1v) is 11.7. The molecule has 0 aliphatic rings. The fraction of sp³-hybridized carbons (Fsp3) is 0.519. The molecule has 0 saturated heterocycles. The molecule has 3 nitrogen and oxygen atoms in total. The van der Waals surface area contributed by atoms with E-state index in [0.29, 0.717) is 19.4 Å². The van der Waals surface area contributed by atoms with Crippen LogP contribution in [0.4, 0.5) is 0 Å². The smallest absolute Gasteiger partial charge is 0.308 e. The normalized spacial score (nSPS) is 11.9. The van der Waals surface area contributed by atoms with E-state index in [-0.39, 0.29) is 5.97 Å². The molecule has 0 radical (unpaired) electrons. The summed E-state index contributed by atoms with van der Waals surface area (Å²) in [4.78, 5) is 12.4. The maximum atomic E-state index is 12.4. The Kier molecular flexibility index (Phi) is 12.6. The van der Waals surface area contributed by atoms with Gasteiger partial charge in [-0.05, 0) is 17.5 Å². The second-order valence-electron chi connectivity index (χ2n) is 7.98. The first-order chi connectivity index (χ1) is 14.8. The minimum atomic E-state index is -0.557. The van der Waals surface area contributed by atoms with Gasteiger partial charge in [0.05, 0.1) is 6.61 Å². The first-order valence-electron chi connectivity index (χ1n) is 11.7. The molecule has 0 heterocycles. The maximum absolute atomic E-state index is 12.4. The molecular formula is C27H38O3. The average Bonchev–Trinajstić information content (AvgIpc) is 2.78. The van der Waals surface area contributed by atoms with Gasteiger partial charge in [-0.25, -0.2) is 0 Å². The molecule has 0 N–H and O–H groups in total. The number of unbranched alkanes of at least 4 members (excludes halogenated alkanes) is 8. The zero-order valence-electron chi connectivity index (χ0n) is 18.6. The highest BCUT2D eigenvalue weighted by Crippen LogP contribution is 2.14. The highest BCUT2D eigenvalue weighted by Gasteiger charge is 2.16. The number of carbonyl (C=O) groups is 1. The topological polar surface area (TPSA) is 35.5 Å². The van der Waals surface area contributed by atoms with Crippen molar-refractivity contribution < 1.29 is 14.3 Å². The van der Waals surface area contributed by atoms with Crippen molar-refractivity contribution in [1.29, 1.82) is 0 Å². The molecule has 30 heavy (non-hydrogen) atoms. The highest BCUT2D eigenvalue weighted by molar-refractivity contribution is 5.69. The molecule has 2 rings (SSSR count). The molecule has 2 aromatic rings. The van der Waals surface area contributed by atoms with Gasteiger partial charge in [0.15, 0.2) is 0 Å². The molecule has 0 bridgehead atoms. The lowest BCUT2D eigenvalue weighted by Crippen LogP contribution is -2.24. The third kappa shape index (κ3) is 11.2. The first kappa shape index (κ1) is 24.1. The third-order valence-corrected chi connectivity index (χ3v) is 5.27. The summed E-state index contributed by atoms with van der Waals surface area (Å²) in [5, 5.41) is 0. The van der Waals surface area contributed by atoms with Crippen molar-refractivity contribution >= 4 is 5.97 Å². The van der Waals surface area contributed by atoms with E-state index in [1.54, 1.807) is 0 Å². The number of ether oxygens (including phenoxy) is 2. The van der Waals surface area contributed by atoms with Crippen molar-refractivity contribution in [1.82, 2.24) is 0 Å². The van der Waals surface area contributed by atoms with Gasteiger partial charge in [0, 0.05) is 12.8 Å². The van der Waals surface area contributed by atoms with Crippen LogP contribution < -0.4 is 0 Å². The lowest BCUT2D eigenvalue weighted by Gasteiger charge is -2.19. The van der Waals surface area contributed by atoms with E-state index in [9.17, 15) is 4.79 Å². The van der Waals surface area contributed by atoms with Crippen LogP contribution in [0.5, 0.6) is 0 Å². The monoisotopic (exact) mass is 410 g/mol. The summed E-state index contributed by atoms with van der Waals surface area (Å²) in [6, 6.07) is 20.0. The van der Waals surface area contributed by atoms with Gasteiger partial charge in [-0.15, -0.1) is 0 Å². The quantitative estimate of drug-likeness (QED) is 0.166. The van der Waals surface area contributed by atoms with Gasteiger partial charge in [0.25, 0.3) is 0 Å². The van der Waals surface area contributed by atoms with Crippen LogP contribution in [0.15, 0.2) is 60.7 Å². The summed E-state index contributed by atoms with van der Waals surface area (Å²) >= 11 is 0. The van der Waals surface area contributed by atoms with E-state index in [1.807, 2.05) is 60.7 Å². The maximum Gasteiger partial charge on any atom is 0.308 e. The molecule has 0 aromatic heterocycles. The largest absolute Gasteiger partial charge is 0.435 e. The van der Waals surface area contributed by atoms with Crippen LogP contribution in [-0.2, 0) is 27.3 Å². The Hall–Kier alpha value is -2.13. The molecule has 0 aliphatic heterocycles. The van der Waals surface area contributed by atoms with Crippen molar-refractivity contribution in [3.05, 3.63) is 71.8 Å². The van der Waals surface area contributed by atoms with Gasteiger partial charge < -0.3 is 9.47 Å². The van der Waals surface area contributed by atoms with E-state index in [2.05, 4.69) is 6.92 Å². The van der Waals surface area contributed by atoms with E-state index in [1.165, 1.54) is 44.9 Å². The summed E-state index contributed by atoms with van der Waals surface area (Å²) in [6.45, 7) is 2.68. The summed E-state index contributed by atoms with van der Waals surface area (Å²) in [7, 11) is 0. The zero-order chi connectivity index (χ0) is 21.3. The van der Waals surface area contributed by atoms with Gasteiger partial charge in [0.1, 0.15) is 0 Å². The Bertz CT molecular complexity index is 669. The van der Waals surface area contributed by atoms with Crippen LogP contribution in [0.25, 0.3) is 0 Å². The van der Waals surface area contributed by atoms with Crippen LogP contribution in [0.3, 0.4) is 0 Å². The summed E-state index contributed by atoms with van der Waals surface area (Å²) < 4.78 is 11.6. The Labute approximate surface area is 182 Å². The predicted octanol–water partition coefficient (Wildman–Crippen LogP) is 7.24. The zero-order valence-corrected chi connectivity index (χ0v) is 18.6. The molecule has 0 spiro atoms. The number of rotatable bonds is 16. The third-order valence-electron chi connectivity index (χ3n) is 5.27. The van der Waals surface area contributed by atoms with Crippen LogP contribution >= 0.6 is 0 Å². The molecule has 1 atom stereocenters. The number of benzene rings is 2. The van der Waals surface area contributed by atoms with Crippen LogP contribution in [0.2, 0.25) is 0 Å². The van der Waals surface area contributed by atoms with Gasteiger partial charge >= 0.3 is 5.97 Å². The summed E-state index contributed by atoms with van der Waals surface area (Å²) in [6.07, 6.45) is 11.6. The van der Waals surface area contributed by atoms with E-state index in [0.717, 1.165) is 24.0 Å². The van der Waals surface area contributed by atoms with E-state index >= 15 is 0 Å². The minimum absolute atomic E-state index is 0.160. The van der Waals surface area contributed by atoms with Crippen molar-refractivity contribution in [2.45, 2.75) is 90.4 Å². The Morgan fingerprint density at radius 3 is 1.87 bits per heavy atom. The fourth-order valence-corrected chi connectivity index (χ4v) is 3.49. The SMILES string of the molecule is CCCCCCCCCCCC(=O)OC(Cc1ccccc1)OCc1ccccc1. The van der Waals surface area contributed by atoms with Gasteiger partial charge in [-0.2, -0.15) is 0 Å². The number of hydrogen-bond acceptors (Lipinski definition) is 3. The molecule has 2 aromatic carbocycles. The molecule has 1 unspecified atom stereocenters. The minimum Gasteiger partial charge on any atom is -0.435 e. The number of esters is 1. The van der Waals surface area contributed by atoms with Gasteiger partial charge in [-0.1, -0.05) is 119 Å². The van der Waals surface area contributed by atoms with E-state index in [4.69, 9.17) is 9.47 Å². The van der Waals surface area contributed by atoms with Crippen molar-refractivity contribution in [3.8, 4) is 0 Å². The second-order valence-corrected chi connectivity index (χ2v) is 7.98. The van der Waals surface area contributed by atoms with Crippen LogP contribution in [-0.4, -0.2) is 12.3 Å². The van der Waals surface area contributed by atoms with E-state index < -0.39 is 6.29 Å². The molecular weight excluding hydrogens is 372 g/mol. The molecule has 0 fully saturated rings.